The van der Waals surface area contributed by atoms with Crippen molar-refractivity contribution in [3.63, 3.8) is 0 Å². The van der Waals surface area contributed by atoms with Gasteiger partial charge in [-0.1, -0.05) is 30.3 Å². The van der Waals surface area contributed by atoms with E-state index in [2.05, 4.69) is 79.4 Å². The Morgan fingerprint density at radius 1 is 0.944 bits per heavy atom. The van der Waals surface area contributed by atoms with E-state index in [-0.39, 0.29) is 5.91 Å². The molecule has 0 saturated carbocycles. The Hall–Kier alpha value is -3.64. The lowest BCUT2D eigenvalue weighted by atomic mass is 9.99. The van der Waals surface area contributed by atoms with Crippen molar-refractivity contribution < 1.29 is 9.28 Å². The number of hydrogen-bond acceptors (Lipinski definition) is 4. The molecule has 0 unspecified atom stereocenters. The minimum Gasteiger partial charge on any atom is -0.377 e. The van der Waals surface area contributed by atoms with Crippen molar-refractivity contribution in [2.45, 2.75) is 13.8 Å². The molecule has 0 saturated heterocycles. The Morgan fingerprint density at radius 2 is 1.61 bits per heavy atom. The first-order valence-corrected chi connectivity index (χ1v) is 12.6. The van der Waals surface area contributed by atoms with Gasteiger partial charge >= 0.3 is 0 Å². The second kappa shape index (κ2) is 10.2. The molecule has 0 N–H and O–H groups in total. The molecule has 4 rings (SSSR count). The number of anilines is 3. The molecule has 0 aromatic heterocycles. The summed E-state index contributed by atoms with van der Waals surface area (Å²) in [6.45, 7) is 7.05. The van der Waals surface area contributed by atoms with E-state index >= 15 is 0 Å². The molecule has 0 spiro atoms. The number of hydrogen-bond donors (Lipinski definition) is 0. The first-order chi connectivity index (χ1) is 17.1. The number of likely N-dealkylation sites (N-methyl/N-ethyl adjacent to an activating group) is 2. The van der Waals surface area contributed by atoms with Crippen LogP contribution in [0.25, 0.3) is 16.8 Å². The van der Waals surface area contributed by atoms with E-state index in [9.17, 15) is 4.79 Å². The number of fused-ring (bicyclic) bond motifs is 1. The van der Waals surface area contributed by atoms with Gasteiger partial charge in [-0.05, 0) is 61.2 Å². The molecule has 6 nitrogen and oxygen atoms in total. The van der Waals surface area contributed by atoms with Crippen molar-refractivity contribution >= 4 is 45.5 Å². The predicted octanol–water partition coefficient (Wildman–Crippen LogP) is 5.24. The van der Waals surface area contributed by atoms with Crippen LogP contribution in [0, 0.1) is 0 Å². The Balaban J connectivity index is 1.59. The molecular formula is C30H38N5O+. The zero-order chi connectivity index (χ0) is 26.0. The second-order valence-electron chi connectivity index (χ2n) is 10.6. The van der Waals surface area contributed by atoms with Crippen molar-refractivity contribution in [3.05, 3.63) is 71.8 Å². The van der Waals surface area contributed by atoms with Crippen LogP contribution in [0.1, 0.15) is 19.4 Å². The third-order valence-corrected chi connectivity index (χ3v) is 6.66. The van der Waals surface area contributed by atoms with E-state index in [0.717, 1.165) is 63.2 Å². The zero-order valence-corrected chi connectivity index (χ0v) is 22.6. The van der Waals surface area contributed by atoms with Crippen LogP contribution in [-0.4, -0.2) is 71.0 Å². The largest absolute Gasteiger partial charge is 0.377 e. The SMILES string of the molecule is CCN(CC[N+](C)(C)C)c1ccc(N2N=C(C)/C(=C\c3ccc(N(C)C)c4ccccc34)C2=O)cc1. The van der Waals surface area contributed by atoms with Crippen LogP contribution in [0.3, 0.4) is 0 Å². The fourth-order valence-electron chi connectivity index (χ4n) is 4.53. The molecule has 3 aromatic rings. The molecule has 0 atom stereocenters. The van der Waals surface area contributed by atoms with Crippen molar-refractivity contribution in [3.8, 4) is 0 Å². The molecule has 1 aliphatic heterocycles. The summed E-state index contributed by atoms with van der Waals surface area (Å²) in [5, 5.41) is 8.41. The van der Waals surface area contributed by atoms with E-state index in [4.69, 9.17) is 0 Å². The van der Waals surface area contributed by atoms with E-state index in [1.807, 2.05) is 51.4 Å². The number of benzene rings is 3. The average molecular weight is 485 g/mol. The van der Waals surface area contributed by atoms with Crippen LogP contribution in [0.5, 0.6) is 0 Å². The number of quaternary nitrogens is 1. The molecule has 6 heteroatoms. The molecule has 0 fully saturated rings. The molecule has 1 heterocycles. The van der Waals surface area contributed by atoms with Gasteiger partial charge in [-0.25, -0.2) is 0 Å². The summed E-state index contributed by atoms with van der Waals surface area (Å²) in [7, 11) is 10.7. The lowest BCUT2D eigenvalue weighted by molar-refractivity contribution is -0.868. The molecule has 1 amide bonds. The number of carbonyl (C=O) groups is 1. The van der Waals surface area contributed by atoms with Gasteiger partial charge in [-0.15, -0.1) is 0 Å². The van der Waals surface area contributed by atoms with Gasteiger partial charge in [0.05, 0.1) is 51.2 Å². The summed E-state index contributed by atoms with van der Waals surface area (Å²) in [5.41, 5.74) is 5.46. The highest BCUT2D eigenvalue weighted by Gasteiger charge is 2.29. The number of rotatable bonds is 8. The van der Waals surface area contributed by atoms with Crippen LogP contribution in [0.4, 0.5) is 17.1 Å². The van der Waals surface area contributed by atoms with Crippen molar-refractivity contribution in [2.75, 3.05) is 69.7 Å². The molecule has 1 aliphatic rings. The molecule has 3 aromatic carbocycles. The van der Waals surface area contributed by atoms with Gasteiger partial charge in [-0.3, -0.25) is 4.79 Å². The van der Waals surface area contributed by atoms with Crippen molar-refractivity contribution in [1.29, 1.82) is 0 Å². The summed E-state index contributed by atoms with van der Waals surface area (Å²) in [6, 6.07) is 20.7. The fraction of sp³-hybridized carbons (Fsp3) is 0.333. The third-order valence-electron chi connectivity index (χ3n) is 6.66. The van der Waals surface area contributed by atoms with E-state index < -0.39 is 0 Å². The number of nitrogens with zero attached hydrogens (tertiary/aromatic N) is 5. The molecule has 0 aliphatic carbocycles. The van der Waals surface area contributed by atoms with E-state index in [1.165, 1.54) is 5.01 Å². The smallest absolute Gasteiger partial charge is 0.280 e. The Bertz CT molecular complexity index is 1320. The van der Waals surface area contributed by atoms with E-state index in [1.54, 1.807) is 0 Å². The van der Waals surface area contributed by atoms with Crippen molar-refractivity contribution in [2.24, 2.45) is 5.10 Å². The summed E-state index contributed by atoms with van der Waals surface area (Å²) >= 11 is 0. The van der Waals surface area contributed by atoms with Crippen LogP contribution in [0.2, 0.25) is 0 Å². The van der Waals surface area contributed by atoms with Crippen LogP contribution >= 0.6 is 0 Å². The average Bonchev–Trinajstić information content (AvgIpc) is 3.12. The van der Waals surface area contributed by atoms with Crippen molar-refractivity contribution in [1.82, 2.24) is 0 Å². The quantitative estimate of drug-likeness (QED) is 0.324. The maximum absolute atomic E-state index is 13.4. The van der Waals surface area contributed by atoms with Gasteiger partial charge in [0.1, 0.15) is 0 Å². The maximum atomic E-state index is 13.4. The molecule has 0 bridgehead atoms. The molecule has 188 valence electrons. The monoisotopic (exact) mass is 484 g/mol. The topological polar surface area (TPSA) is 39.1 Å². The van der Waals surface area contributed by atoms with Gasteiger partial charge in [0.25, 0.3) is 5.91 Å². The Morgan fingerprint density at radius 3 is 2.22 bits per heavy atom. The van der Waals surface area contributed by atoms with Crippen LogP contribution in [-0.2, 0) is 4.79 Å². The molecular weight excluding hydrogens is 446 g/mol. The lowest BCUT2D eigenvalue weighted by Gasteiger charge is -2.29. The zero-order valence-electron chi connectivity index (χ0n) is 22.6. The van der Waals surface area contributed by atoms with Gasteiger partial charge in [0.2, 0.25) is 0 Å². The third kappa shape index (κ3) is 5.29. The van der Waals surface area contributed by atoms with E-state index in [0.29, 0.717) is 5.57 Å². The first kappa shape index (κ1) is 25.5. The number of hydrazone groups is 1. The lowest BCUT2D eigenvalue weighted by Crippen LogP contribution is -2.42. The second-order valence-corrected chi connectivity index (χ2v) is 10.6. The predicted molar refractivity (Wildman–Crippen MR) is 154 cm³/mol. The number of carbonyl (C=O) groups excluding carboxylic acids is 1. The van der Waals surface area contributed by atoms with Crippen LogP contribution < -0.4 is 14.8 Å². The standard InChI is InChI=1S/C30H38N5O/c1-8-33(19-20-35(5,6)7)24-14-16-25(17-15-24)34-30(36)28(22(2)31-34)21-23-13-18-29(32(3)4)27-12-10-9-11-26(23)27/h9-18,21H,8,19-20H2,1-7H3/q+1/b28-21+. The van der Waals surface area contributed by atoms with Gasteiger partial charge in [0, 0.05) is 37.4 Å². The molecule has 36 heavy (non-hydrogen) atoms. The molecule has 0 radical (unpaired) electrons. The summed E-state index contributed by atoms with van der Waals surface area (Å²) in [5.74, 6) is -0.0987. The van der Waals surface area contributed by atoms with Crippen LogP contribution in [0.15, 0.2) is 71.3 Å². The highest BCUT2D eigenvalue weighted by Crippen LogP contribution is 2.32. The Kier molecular flexibility index (Phi) is 7.18. The Labute approximate surface area is 215 Å². The highest BCUT2D eigenvalue weighted by molar-refractivity contribution is 6.32. The fourth-order valence-corrected chi connectivity index (χ4v) is 4.53. The normalized spacial score (nSPS) is 15.1. The van der Waals surface area contributed by atoms with Gasteiger partial charge in [-0.2, -0.15) is 10.1 Å². The minimum atomic E-state index is -0.0987. The minimum absolute atomic E-state index is 0.0987. The van der Waals surface area contributed by atoms with Gasteiger partial charge in [0.15, 0.2) is 0 Å². The maximum Gasteiger partial charge on any atom is 0.280 e. The number of amides is 1. The summed E-state index contributed by atoms with van der Waals surface area (Å²) < 4.78 is 0.924. The van der Waals surface area contributed by atoms with Gasteiger partial charge < -0.3 is 14.3 Å². The highest BCUT2D eigenvalue weighted by atomic mass is 16.2. The summed E-state index contributed by atoms with van der Waals surface area (Å²) in [6.07, 6.45) is 1.97. The summed E-state index contributed by atoms with van der Waals surface area (Å²) in [4.78, 5) is 17.9. The first-order valence-electron chi connectivity index (χ1n) is 12.6.